The van der Waals surface area contributed by atoms with Gasteiger partial charge in [-0.05, 0) is 20.8 Å². The van der Waals surface area contributed by atoms with Gasteiger partial charge in [-0.3, -0.25) is 9.88 Å². The van der Waals surface area contributed by atoms with E-state index in [-0.39, 0.29) is 0 Å². The third-order valence-electron chi connectivity index (χ3n) is 3.74. The molecule has 0 aromatic carbocycles. The third-order valence-corrected chi connectivity index (χ3v) is 3.74. The maximum Gasteiger partial charge on any atom is 0.128 e. The molecule has 4 nitrogen and oxygen atoms in total. The molecule has 18 heavy (non-hydrogen) atoms. The second-order valence-corrected chi connectivity index (χ2v) is 5.07. The molecule has 1 aliphatic rings. The first-order valence-electron chi connectivity index (χ1n) is 6.57. The molecule has 1 aromatic rings. The molecule has 0 aliphatic carbocycles. The molecular weight excluding hydrogens is 226 g/mol. The molecule has 1 N–H and O–H groups in total. The van der Waals surface area contributed by atoms with Gasteiger partial charge in [-0.2, -0.15) is 0 Å². The van der Waals surface area contributed by atoms with Gasteiger partial charge in [-0.1, -0.05) is 0 Å². The lowest BCUT2D eigenvalue weighted by Gasteiger charge is -2.34. The van der Waals surface area contributed by atoms with Gasteiger partial charge in [-0.15, -0.1) is 0 Å². The maximum atomic E-state index is 5.46. The van der Waals surface area contributed by atoms with Crippen molar-refractivity contribution in [1.82, 2.24) is 15.2 Å². The van der Waals surface area contributed by atoms with Gasteiger partial charge in [0.05, 0.1) is 12.8 Å². The highest BCUT2D eigenvalue weighted by molar-refractivity contribution is 5.41. The van der Waals surface area contributed by atoms with Gasteiger partial charge in [0.2, 0.25) is 0 Å². The second kappa shape index (κ2) is 5.67. The van der Waals surface area contributed by atoms with Crippen molar-refractivity contribution in [2.24, 2.45) is 0 Å². The van der Waals surface area contributed by atoms with Crippen LogP contribution in [0.3, 0.4) is 0 Å². The number of aromatic nitrogens is 1. The van der Waals surface area contributed by atoms with E-state index >= 15 is 0 Å². The van der Waals surface area contributed by atoms with E-state index in [1.165, 1.54) is 5.56 Å². The van der Waals surface area contributed by atoms with Gasteiger partial charge in [-0.25, -0.2) is 0 Å². The van der Waals surface area contributed by atoms with Gasteiger partial charge in [0, 0.05) is 49.5 Å². The Labute approximate surface area is 109 Å². The van der Waals surface area contributed by atoms with Crippen molar-refractivity contribution < 1.29 is 4.74 Å². The second-order valence-electron chi connectivity index (χ2n) is 5.07. The lowest BCUT2D eigenvalue weighted by atomic mass is 10.1. The maximum absolute atomic E-state index is 5.46. The van der Waals surface area contributed by atoms with Crippen LogP contribution in [-0.4, -0.2) is 42.7 Å². The number of rotatable bonds is 3. The number of aryl methyl sites for hydroxylation is 1. The zero-order valence-electron chi connectivity index (χ0n) is 11.8. The van der Waals surface area contributed by atoms with E-state index in [0.29, 0.717) is 6.04 Å². The Kier molecular flexibility index (Phi) is 4.19. The molecule has 1 atom stereocenters. The quantitative estimate of drug-likeness (QED) is 0.881. The highest BCUT2D eigenvalue weighted by atomic mass is 16.5. The molecule has 2 heterocycles. The number of hydrogen-bond donors (Lipinski definition) is 1. The van der Waals surface area contributed by atoms with Crippen molar-refractivity contribution >= 4 is 0 Å². The largest absolute Gasteiger partial charge is 0.496 e. The van der Waals surface area contributed by atoms with Crippen LogP contribution in [0.5, 0.6) is 5.75 Å². The number of nitrogens with zero attached hydrogens (tertiary/aromatic N) is 2. The van der Waals surface area contributed by atoms with Crippen LogP contribution in [0.2, 0.25) is 0 Å². The summed E-state index contributed by atoms with van der Waals surface area (Å²) in [5.74, 6) is 0.975. The van der Waals surface area contributed by atoms with Crippen LogP contribution in [0.1, 0.15) is 23.7 Å². The smallest absolute Gasteiger partial charge is 0.128 e. The minimum atomic E-state index is 0.562. The number of ether oxygens (including phenoxy) is 1. The third kappa shape index (κ3) is 2.65. The van der Waals surface area contributed by atoms with E-state index < -0.39 is 0 Å². The summed E-state index contributed by atoms with van der Waals surface area (Å²) in [7, 11) is 1.73. The normalized spacial score (nSPS) is 21.0. The van der Waals surface area contributed by atoms with Gasteiger partial charge < -0.3 is 10.1 Å². The number of nitrogens with one attached hydrogen (secondary N) is 1. The van der Waals surface area contributed by atoms with Crippen LogP contribution in [0.4, 0.5) is 0 Å². The first kappa shape index (κ1) is 13.3. The average molecular weight is 249 g/mol. The minimum Gasteiger partial charge on any atom is -0.496 e. The van der Waals surface area contributed by atoms with Crippen molar-refractivity contribution in [2.45, 2.75) is 33.4 Å². The number of piperazine rings is 1. The fraction of sp³-hybridized carbons (Fsp3) is 0.643. The Morgan fingerprint density at radius 2 is 2.28 bits per heavy atom. The van der Waals surface area contributed by atoms with Gasteiger partial charge in [0.15, 0.2) is 0 Å². The van der Waals surface area contributed by atoms with E-state index in [9.17, 15) is 0 Å². The monoisotopic (exact) mass is 249 g/mol. The molecule has 1 unspecified atom stereocenters. The molecule has 0 spiro atoms. The van der Waals surface area contributed by atoms with Crippen molar-refractivity contribution in [3.63, 3.8) is 0 Å². The fourth-order valence-corrected chi connectivity index (χ4v) is 2.54. The molecular formula is C14H23N3O. The molecule has 0 bridgehead atoms. The number of methoxy groups -OCH3 is 1. The van der Waals surface area contributed by atoms with Crippen LogP contribution in [0.15, 0.2) is 6.20 Å². The predicted octanol–water partition coefficient (Wildman–Crippen LogP) is 1.50. The Balaban J connectivity index is 2.18. The van der Waals surface area contributed by atoms with Crippen molar-refractivity contribution in [1.29, 1.82) is 0 Å². The Morgan fingerprint density at radius 1 is 1.50 bits per heavy atom. The molecule has 4 heteroatoms. The molecule has 1 fully saturated rings. The average Bonchev–Trinajstić information content (AvgIpc) is 2.36. The lowest BCUT2D eigenvalue weighted by Crippen LogP contribution is -2.49. The lowest BCUT2D eigenvalue weighted by molar-refractivity contribution is 0.163. The van der Waals surface area contributed by atoms with Gasteiger partial charge in [0.1, 0.15) is 5.75 Å². The van der Waals surface area contributed by atoms with Crippen molar-refractivity contribution in [3.8, 4) is 5.75 Å². The summed E-state index contributed by atoms with van der Waals surface area (Å²) in [4.78, 5) is 7.05. The van der Waals surface area contributed by atoms with Gasteiger partial charge >= 0.3 is 0 Å². The fourth-order valence-electron chi connectivity index (χ4n) is 2.54. The standard InChI is InChI=1S/C14H23N3O/c1-10-7-16-13(12(3)14(10)18-4)9-17-6-5-15-8-11(17)2/h7,11,15H,5-6,8-9H2,1-4H3. The molecule has 100 valence electrons. The Bertz CT molecular complexity index is 420. The van der Waals surface area contributed by atoms with Crippen LogP contribution in [0.25, 0.3) is 0 Å². The highest BCUT2D eigenvalue weighted by Gasteiger charge is 2.20. The highest BCUT2D eigenvalue weighted by Crippen LogP contribution is 2.25. The predicted molar refractivity (Wildman–Crippen MR) is 73.0 cm³/mol. The van der Waals surface area contributed by atoms with Crippen LogP contribution in [-0.2, 0) is 6.54 Å². The van der Waals surface area contributed by atoms with E-state index in [1.807, 2.05) is 13.1 Å². The van der Waals surface area contributed by atoms with Crippen LogP contribution < -0.4 is 10.1 Å². The van der Waals surface area contributed by atoms with Gasteiger partial charge in [0.25, 0.3) is 0 Å². The number of hydrogen-bond acceptors (Lipinski definition) is 4. The summed E-state index contributed by atoms with van der Waals surface area (Å²) in [5.41, 5.74) is 3.40. The van der Waals surface area contributed by atoms with Crippen molar-refractivity contribution in [2.75, 3.05) is 26.7 Å². The van der Waals surface area contributed by atoms with E-state index in [1.54, 1.807) is 7.11 Å². The number of pyridine rings is 1. The summed E-state index contributed by atoms with van der Waals surface area (Å²) in [6, 6.07) is 0.562. The molecule has 1 aromatic heterocycles. The van der Waals surface area contributed by atoms with Crippen LogP contribution >= 0.6 is 0 Å². The summed E-state index contributed by atoms with van der Waals surface area (Å²) >= 11 is 0. The molecule has 0 amide bonds. The first-order valence-corrected chi connectivity index (χ1v) is 6.57. The minimum absolute atomic E-state index is 0.562. The van der Waals surface area contributed by atoms with E-state index in [4.69, 9.17) is 4.74 Å². The first-order chi connectivity index (χ1) is 8.63. The molecule has 1 aliphatic heterocycles. The van der Waals surface area contributed by atoms with E-state index in [0.717, 1.165) is 43.2 Å². The molecule has 0 radical (unpaired) electrons. The zero-order chi connectivity index (χ0) is 13.1. The molecule has 1 saturated heterocycles. The Hall–Kier alpha value is -1.13. The summed E-state index contributed by atoms with van der Waals surface area (Å²) < 4.78 is 5.46. The SMILES string of the molecule is COc1c(C)cnc(CN2CCNCC2C)c1C. The van der Waals surface area contributed by atoms with Crippen LogP contribution in [0, 0.1) is 13.8 Å². The topological polar surface area (TPSA) is 37.4 Å². The molecule has 2 rings (SSSR count). The van der Waals surface area contributed by atoms with E-state index in [2.05, 4.69) is 29.0 Å². The van der Waals surface area contributed by atoms with Crippen molar-refractivity contribution in [3.05, 3.63) is 23.0 Å². The molecule has 0 saturated carbocycles. The Morgan fingerprint density at radius 3 is 2.94 bits per heavy atom. The summed E-state index contributed by atoms with van der Waals surface area (Å²) in [6.07, 6.45) is 1.91. The summed E-state index contributed by atoms with van der Waals surface area (Å²) in [6.45, 7) is 10.5. The summed E-state index contributed by atoms with van der Waals surface area (Å²) in [5, 5.41) is 3.41. The zero-order valence-corrected chi connectivity index (χ0v) is 11.8.